The van der Waals surface area contributed by atoms with Crippen LogP contribution in [0.5, 0.6) is 0 Å². The number of halogens is 1. The van der Waals surface area contributed by atoms with Crippen molar-refractivity contribution in [2.24, 2.45) is 5.92 Å². The number of anilines is 1. The summed E-state index contributed by atoms with van der Waals surface area (Å²) in [5.74, 6) is 0.425. The summed E-state index contributed by atoms with van der Waals surface area (Å²) < 4.78 is 0. The molecule has 1 aliphatic heterocycles. The fourth-order valence-corrected chi connectivity index (χ4v) is 3.72. The molecule has 1 aliphatic rings. The number of nitro benzene ring substituents is 1. The zero-order chi connectivity index (χ0) is 17.6. The molecule has 5 heteroatoms. The van der Waals surface area contributed by atoms with Crippen molar-refractivity contribution in [2.75, 3.05) is 11.9 Å². The molecule has 0 N–H and O–H groups in total. The van der Waals surface area contributed by atoms with Crippen LogP contribution in [-0.2, 0) is 6.42 Å². The highest BCUT2D eigenvalue weighted by Gasteiger charge is 2.37. The van der Waals surface area contributed by atoms with Crippen LogP contribution in [0.15, 0.2) is 36.4 Å². The maximum Gasteiger partial charge on any atom is 0.277 e. The Labute approximate surface area is 147 Å². The standard InChI is InChI=1S/C19H21ClN2O2/c1-12-11-15-16(21(4)19(12,2)3)10-9-14(18(15)20)13-7-5-6-8-17(13)22(23)24/h5-10,12H,11H2,1-4H3. The lowest BCUT2D eigenvalue weighted by Crippen LogP contribution is -2.50. The van der Waals surface area contributed by atoms with Crippen LogP contribution >= 0.6 is 11.6 Å². The summed E-state index contributed by atoms with van der Waals surface area (Å²) in [6, 6.07) is 10.7. The van der Waals surface area contributed by atoms with E-state index in [0.29, 0.717) is 16.5 Å². The molecule has 0 aromatic heterocycles. The lowest BCUT2D eigenvalue weighted by molar-refractivity contribution is -0.384. The van der Waals surface area contributed by atoms with E-state index >= 15 is 0 Å². The van der Waals surface area contributed by atoms with E-state index in [9.17, 15) is 10.1 Å². The van der Waals surface area contributed by atoms with Gasteiger partial charge in [-0.05, 0) is 43.9 Å². The van der Waals surface area contributed by atoms with Gasteiger partial charge in [0.1, 0.15) is 0 Å². The maximum atomic E-state index is 11.3. The molecule has 0 spiro atoms. The molecule has 1 atom stereocenters. The highest BCUT2D eigenvalue weighted by molar-refractivity contribution is 6.34. The molecule has 0 fully saturated rings. The average Bonchev–Trinajstić information content (AvgIpc) is 2.54. The molecule has 0 saturated carbocycles. The largest absolute Gasteiger partial charge is 0.369 e. The number of para-hydroxylation sites is 1. The number of rotatable bonds is 2. The molecule has 0 bridgehead atoms. The first-order valence-corrected chi connectivity index (χ1v) is 8.42. The quantitative estimate of drug-likeness (QED) is 0.547. The minimum Gasteiger partial charge on any atom is -0.369 e. The van der Waals surface area contributed by atoms with E-state index in [4.69, 9.17) is 11.6 Å². The molecule has 0 radical (unpaired) electrons. The molecule has 0 amide bonds. The Balaban J connectivity index is 2.19. The van der Waals surface area contributed by atoms with Crippen molar-refractivity contribution in [3.63, 3.8) is 0 Å². The Morgan fingerprint density at radius 1 is 1.21 bits per heavy atom. The van der Waals surface area contributed by atoms with Gasteiger partial charge in [-0.3, -0.25) is 10.1 Å². The van der Waals surface area contributed by atoms with Crippen LogP contribution in [-0.4, -0.2) is 17.5 Å². The van der Waals surface area contributed by atoms with Crippen LogP contribution in [0.1, 0.15) is 26.3 Å². The molecule has 126 valence electrons. The van der Waals surface area contributed by atoms with E-state index in [1.165, 1.54) is 6.07 Å². The van der Waals surface area contributed by atoms with Crippen molar-refractivity contribution in [3.8, 4) is 11.1 Å². The van der Waals surface area contributed by atoms with Crippen molar-refractivity contribution in [1.29, 1.82) is 0 Å². The number of fused-ring (bicyclic) bond motifs is 1. The SMILES string of the molecule is CC1Cc2c(ccc(-c3ccccc3[N+](=O)[O-])c2Cl)N(C)C1(C)C. The molecule has 24 heavy (non-hydrogen) atoms. The summed E-state index contributed by atoms with van der Waals surface area (Å²) in [4.78, 5) is 13.2. The van der Waals surface area contributed by atoms with Gasteiger partial charge < -0.3 is 4.90 Å². The zero-order valence-corrected chi connectivity index (χ0v) is 15.1. The minimum atomic E-state index is -0.358. The van der Waals surface area contributed by atoms with Crippen molar-refractivity contribution >= 4 is 23.0 Å². The van der Waals surface area contributed by atoms with Crippen molar-refractivity contribution in [2.45, 2.75) is 32.7 Å². The van der Waals surface area contributed by atoms with E-state index < -0.39 is 0 Å². The van der Waals surface area contributed by atoms with E-state index in [1.54, 1.807) is 18.2 Å². The van der Waals surface area contributed by atoms with E-state index in [-0.39, 0.29) is 16.1 Å². The van der Waals surface area contributed by atoms with Crippen LogP contribution in [0.25, 0.3) is 11.1 Å². The molecule has 4 nitrogen and oxygen atoms in total. The fraction of sp³-hybridized carbons (Fsp3) is 0.368. The topological polar surface area (TPSA) is 46.4 Å². The summed E-state index contributed by atoms with van der Waals surface area (Å²) >= 11 is 6.71. The van der Waals surface area contributed by atoms with Crippen molar-refractivity contribution < 1.29 is 4.92 Å². The van der Waals surface area contributed by atoms with E-state index in [0.717, 1.165) is 23.2 Å². The van der Waals surface area contributed by atoms with Gasteiger partial charge in [-0.25, -0.2) is 0 Å². The molecule has 3 rings (SSSR count). The van der Waals surface area contributed by atoms with Gasteiger partial charge in [0.05, 0.1) is 15.5 Å². The number of hydrogen-bond acceptors (Lipinski definition) is 3. The number of nitrogens with zero attached hydrogens (tertiary/aromatic N) is 2. The van der Waals surface area contributed by atoms with Gasteiger partial charge in [0.25, 0.3) is 5.69 Å². The first-order valence-electron chi connectivity index (χ1n) is 8.04. The molecule has 0 aliphatic carbocycles. The second kappa shape index (κ2) is 5.78. The normalized spacial score (nSPS) is 19.0. The van der Waals surface area contributed by atoms with Gasteiger partial charge in [-0.2, -0.15) is 0 Å². The highest BCUT2D eigenvalue weighted by atomic mass is 35.5. The van der Waals surface area contributed by atoms with Gasteiger partial charge in [-0.15, -0.1) is 0 Å². The Morgan fingerprint density at radius 3 is 2.54 bits per heavy atom. The van der Waals surface area contributed by atoms with Gasteiger partial charge >= 0.3 is 0 Å². The summed E-state index contributed by atoms with van der Waals surface area (Å²) in [6.45, 7) is 6.67. The molecule has 2 aromatic carbocycles. The Hall–Kier alpha value is -2.07. The number of hydrogen-bond donors (Lipinski definition) is 0. The van der Waals surface area contributed by atoms with Crippen molar-refractivity contribution in [3.05, 3.63) is 57.1 Å². The first-order chi connectivity index (χ1) is 11.2. The maximum absolute atomic E-state index is 11.3. The molecule has 0 saturated heterocycles. The Morgan fingerprint density at radius 2 is 1.88 bits per heavy atom. The minimum absolute atomic E-state index is 0.0383. The zero-order valence-electron chi connectivity index (χ0n) is 14.3. The Kier molecular flexibility index (Phi) is 4.04. The first kappa shape index (κ1) is 16.8. The summed E-state index contributed by atoms with van der Waals surface area (Å²) in [5, 5.41) is 12.0. The molecule has 1 unspecified atom stereocenters. The average molecular weight is 345 g/mol. The predicted octanol–water partition coefficient (Wildman–Crippen LogP) is 5.32. The highest BCUT2D eigenvalue weighted by Crippen LogP contribution is 2.46. The Bertz CT molecular complexity index is 817. The number of nitro groups is 1. The van der Waals surface area contributed by atoms with Gasteiger partial charge in [0, 0.05) is 29.9 Å². The van der Waals surface area contributed by atoms with Crippen molar-refractivity contribution in [1.82, 2.24) is 0 Å². The van der Waals surface area contributed by atoms with Crippen LogP contribution in [0.3, 0.4) is 0 Å². The van der Waals surface area contributed by atoms with Crippen LogP contribution in [0.2, 0.25) is 5.02 Å². The molecule has 2 aromatic rings. The van der Waals surface area contributed by atoms with E-state index in [1.807, 2.05) is 12.1 Å². The molecular weight excluding hydrogens is 324 g/mol. The third kappa shape index (κ3) is 2.46. The van der Waals surface area contributed by atoms with Gasteiger partial charge in [0.2, 0.25) is 0 Å². The van der Waals surface area contributed by atoms with Crippen LogP contribution in [0.4, 0.5) is 11.4 Å². The van der Waals surface area contributed by atoms with Gasteiger partial charge in [-0.1, -0.05) is 36.7 Å². The van der Waals surface area contributed by atoms with Crippen LogP contribution < -0.4 is 4.90 Å². The molecule has 1 heterocycles. The summed E-state index contributed by atoms with van der Waals surface area (Å²) in [7, 11) is 2.08. The van der Waals surface area contributed by atoms with E-state index in [2.05, 4.69) is 32.7 Å². The third-order valence-electron chi connectivity index (χ3n) is 5.55. The lowest BCUT2D eigenvalue weighted by atomic mass is 9.78. The summed E-state index contributed by atoms with van der Waals surface area (Å²) in [6.07, 6.45) is 0.861. The van der Waals surface area contributed by atoms with Crippen LogP contribution in [0, 0.1) is 16.0 Å². The fourth-order valence-electron chi connectivity index (χ4n) is 3.39. The lowest BCUT2D eigenvalue weighted by Gasteiger charge is -2.47. The molecular formula is C19H21ClN2O2. The number of benzene rings is 2. The third-order valence-corrected chi connectivity index (χ3v) is 5.98. The smallest absolute Gasteiger partial charge is 0.277 e. The predicted molar refractivity (Wildman–Crippen MR) is 98.9 cm³/mol. The summed E-state index contributed by atoms with van der Waals surface area (Å²) in [5.41, 5.74) is 3.58. The second-order valence-electron chi connectivity index (χ2n) is 7.02. The van der Waals surface area contributed by atoms with Gasteiger partial charge in [0.15, 0.2) is 0 Å². The monoisotopic (exact) mass is 344 g/mol. The second-order valence-corrected chi connectivity index (χ2v) is 7.39.